The molecular formula is C14H19F3O5. The van der Waals surface area contributed by atoms with Gasteiger partial charge in [0.2, 0.25) is 0 Å². The van der Waals surface area contributed by atoms with E-state index >= 15 is 0 Å². The number of esters is 1. The summed E-state index contributed by atoms with van der Waals surface area (Å²) in [5.74, 6) is -3.57. The van der Waals surface area contributed by atoms with Crippen LogP contribution in [-0.2, 0) is 19.0 Å². The quantitative estimate of drug-likeness (QED) is 0.744. The highest BCUT2D eigenvalue weighted by molar-refractivity contribution is 5.75. The summed E-state index contributed by atoms with van der Waals surface area (Å²) in [5.41, 5.74) is -0.769. The Morgan fingerprint density at radius 3 is 2.41 bits per heavy atom. The third-order valence-corrected chi connectivity index (χ3v) is 4.52. The molecule has 1 heterocycles. The summed E-state index contributed by atoms with van der Waals surface area (Å²) in [7, 11) is 0. The number of halogens is 3. The van der Waals surface area contributed by atoms with Gasteiger partial charge in [-0.2, -0.15) is 13.2 Å². The van der Waals surface area contributed by atoms with Gasteiger partial charge in [0, 0.05) is 12.3 Å². The second-order valence-corrected chi connectivity index (χ2v) is 6.37. The number of carbonyl (C=O) groups is 2. The molecule has 126 valence electrons. The van der Waals surface area contributed by atoms with Crippen molar-refractivity contribution in [2.24, 2.45) is 17.3 Å². The van der Waals surface area contributed by atoms with E-state index in [2.05, 4.69) is 4.74 Å². The molecule has 5 nitrogen and oxygen atoms in total. The van der Waals surface area contributed by atoms with Gasteiger partial charge in [0.1, 0.15) is 18.1 Å². The summed E-state index contributed by atoms with van der Waals surface area (Å²) >= 11 is 0. The molecule has 0 amide bonds. The van der Waals surface area contributed by atoms with Crippen LogP contribution in [0.2, 0.25) is 0 Å². The Labute approximate surface area is 126 Å². The highest BCUT2D eigenvalue weighted by Gasteiger charge is 2.61. The molecule has 4 atom stereocenters. The first-order valence-corrected chi connectivity index (χ1v) is 7.17. The minimum Gasteiger partial charge on any atom is -0.465 e. The standard InChI is InChI=1S/C14H19F3O5/c1-4-13(2,3)11(18)20-6-7-8-5-9(22-12(19)21-8)10(7)14(15,16)17/h7-10H,4-6H2,1-3H3. The molecule has 2 bridgehead atoms. The first-order chi connectivity index (χ1) is 10.1. The fourth-order valence-electron chi connectivity index (χ4n) is 2.77. The van der Waals surface area contributed by atoms with Crippen molar-refractivity contribution in [3.63, 3.8) is 0 Å². The third-order valence-electron chi connectivity index (χ3n) is 4.52. The van der Waals surface area contributed by atoms with Gasteiger partial charge in [-0.15, -0.1) is 0 Å². The molecule has 4 unspecified atom stereocenters. The van der Waals surface area contributed by atoms with Crippen molar-refractivity contribution in [1.82, 2.24) is 0 Å². The lowest BCUT2D eigenvalue weighted by Crippen LogP contribution is -2.38. The molecule has 1 aliphatic heterocycles. The predicted octanol–water partition coefficient (Wildman–Crippen LogP) is 3.07. The van der Waals surface area contributed by atoms with Crippen molar-refractivity contribution < 1.29 is 37.0 Å². The fourth-order valence-corrected chi connectivity index (χ4v) is 2.77. The second kappa shape index (κ2) is 5.62. The molecule has 2 aliphatic rings. The van der Waals surface area contributed by atoms with E-state index in [1.807, 2.05) is 0 Å². The molecule has 0 radical (unpaired) electrons. The van der Waals surface area contributed by atoms with Gasteiger partial charge in [-0.3, -0.25) is 4.79 Å². The minimum atomic E-state index is -4.55. The molecule has 8 heteroatoms. The first-order valence-electron chi connectivity index (χ1n) is 7.17. The Bertz CT molecular complexity index is 460. The van der Waals surface area contributed by atoms with E-state index in [1.165, 1.54) is 0 Å². The van der Waals surface area contributed by atoms with Crippen molar-refractivity contribution in [2.45, 2.75) is 52.0 Å². The number of ether oxygens (including phenoxy) is 3. The zero-order chi connectivity index (χ0) is 16.7. The van der Waals surface area contributed by atoms with Gasteiger partial charge >= 0.3 is 18.3 Å². The lowest BCUT2D eigenvalue weighted by molar-refractivity contribution is -0.207. The predicted molar refractivity (Wildman–Crippen MR) is 67.8 cm³/mol. The second-order valence-electron chi connectivity index (χ2n) is 6.37. The topological polar surface area (TPSA) is 61.8 Å². The summed E-state index contributed by atoms with van der Waals surface area (Å²) in [6.45, 7) is 4.67. The Morgan fingerprint density at radius 2 is 1.86 bits per heavy atom. The Balaban J connectivity index is 2.10. The van der Waals surface area contributed by atoms with Gasteiger partial charge in [-0.1, -0.05) is 6.92 Å². The SMILES string of the molecule is CCC(C)(C)C(=O)OCC1C2CC(OC(=O)O2)C1C(F)(F)F. The molecule has 0 aromatic heterocycles. The van der Waals surface area contributed by atoms with Crippen LogP contribution in [0.15, 0.2) is 0 Å². The van der Waals surface area contributed by atoms with Gasteiger partial charge in [-0.25, -0.2) is 4.79 Å². The van der Waals surface area contributed by atoms with Crippen molar-refractivity contribution in [3.8, 4) is 0 Å². The molecule has 1 saturated carbocycles. The largest absolute Gasteiger partial charge is 0.508 e. The molecule has 1 aliphatic carbocycles. The molecule has 22 heavy (non-hydrogen) atoms. The maximum absolute atomic E-state index is 13.2. The van der Waals surface area contributed by atoms with Crippen LogP contribution in [0.4, 0.5) is 18.0 Å². The molecular weight excluding hydrogens is 305 g/mol. The van der Waals surface area contributed by atoms with Crippen molar-refractivity contribution >= 4 is 12.1 Å². The van der Waals surface area contributed by atoms with E-state index in [0.717, 1.165) is 0 Å². The van der Waals surface area contributed by atoms with Gasteiger partial charge < -0.3 is 14.2 Å². The van der Waals surface area contributed by atoms with Crippen LogP contribution in [0, 0.1) is 17.3 Å². The maximum atomic E-state index is 13.2. The van der Waals surface area contributed by atoms with E-state index < -0.39 is 54.4 Å². The minimum absolute atomic E-state index is 0.0324. The van der Waals surface area contributed by atoms with Crippen molar-refractivity contribution in [3.05, 3.63) is 0 Å². The molecule has 0 aromatic rings. The lowest BCUT2D eigenvalue weighted by atomic mass is 9.90. The average molecular weight is 324 g/mol. The van der Waals surface area contributed by atoms with Crippen LogP contribution >= 0.6 is 0 Å². The number of hydrogen-bond donors (Lipinski definition) is 0. The van der Waals surface area contributed by atoms with Crippen LogP contribution in [0.5, 0.6) is 0 Å². The van der Waals surface area contributed by atoms with Gasteiger partial charge in [-0.05, 0) is 20.3 Å². The smallest absolute Gasteiger partial charge is 0.465 e. The molecule has 1 saturated heterocycles. The van der Waals surface area contributed by atoms with Crippen molar-refractivity contribution in [1.29, 1.82) is 0 Å². The fraction of sp³-hybridized carbons (Fsp3) is 0.857. The Kier molecular flexibility index (Phi) is 4.32. The molecule has 2 rings (SSSR count). The number of alkyl halides is 3. The van der Waals surface area contributed by atoms with Crippen LogP contribution in [-0.4, -0.2) is 37.1 Å². The highest BCUT2D eigenvalue weighted by atomic mass is 19.4. The van der Waals surface area contributed by atoms with E-state index in [1.54, 1.807) is 20.8 Å². The number of rotatable bonds is 4. The zero-order valence-corrected chi connectivity index (χ0v) is 12.6. The monoisotopic (exact) mass is 324 g/mol. The van der Waals surface area contributed by atoms with E-state index in [4.69, 9.17) is 9.47 Å². The number of carbonyl (C=O) groups excluding carboxylic acids is 2. The molecule has 0 N–H and O–H groups in total. The highest BCUT2D eigenvalue weighted by Crippen LogP contribution is 2.48. The van der Waals surface area contributed by atoms with Crippen LogP contribution in [0.25, 0.3) is 0 Å². The normalized spacial score (nSPS) is 31.5. The third kappa shape index (κ3) is 3.15. The first kappa shape index (κ1) is 16.9. The number of hydrogen-bond acceptors (Lipinski definition) is 5. The maximum Gasteiger partial charge on any atom is 0.508 e. The lowest BCUT2D eigenvalue weighted by Gasteiger charge is -2.26. The van der Waals surface area contributed by atoms with E-state index in [0.29, 0.717) is 6.42 Å². The molecule has 0 aromatic carbocycles. The Morgan fingerprint density at radius 1 is 1.27 bits per heavy atom. The Hall–Kier alpha value is -1.47. The van der Waals surface area contributed by atoms with Crippen LogP contribution < -0.4 is 0 Å². The summed E-state index contributed by atoms with van der Waals surface area (Å²) in [6, 6.07) is 0. The van der Waals surface area contributed by atoms with Gasteiger partial charge in [0.05, 0.1) is 12.0 Å². The summed E-state index contributed by atoms with van der Waals surface area (Å²) in [4.78, 5) is 23.1. The average Bonchev–Trinajstić information content (AvgIpc) is 2.66. The summed E-state index contributed by atoms with van der Waals surface area (Å²) < 4.78 is 54.1. The van der Waals surface area contributed by atoms with Gasteiger partial charge in [0.25, 0.3) is 0 Å². The van der Waals surface area contributed by atoms with E-state index in [9.17, 15) is 22.8 Å². The summed E-state index contributed by atoms with van der Waals surface area (Å²) in [6.07, 6.45) is -7.38. The van der Waals surface area contributed by atoms with E-state index in [-0.39, 0.29) is 6.42 Å². The molecule has 2 fully saturated rings. The van der Waals surface area contributed by atoms with Crippen LogP contribution in [0.3, 0.4) is 0 Å². The van der Waals surface area contributed by atoms with Crippen molar-refractivity contribution in [2.75, 3.05) is 6.61 Å². The van der Waals surface area contributed by atoms with Crippen LogP contribution in [0.1, 0.15) is 33.6 Å². The number of fused-ring (bicyclic) bond motifs is 2. The zero-order valence-electron chi connectivity index (χ0n) is 12.6. The summed E-state index contributed by atoms with van der Waals surface area (Å²) in [5, 5.41) is 0. The molecule has 0 spiro atoms. The van der Waals surface area contributed by atoms with Gasteiger partial charge in [0.15, 0.2) is 0 Å².